The molecule has 0 bridgehead atoms. The number of H-pyrrole nitrogens is 1. The van der Waals surface area contributed by atoms with Crippen LogP contribution in [0.4, 0.5) is 0 Å². The van der Waals surface area contributed by atoms with Gasteiger partial charge in [-0.3, -0.25) is 19.4 Å². The van der Waals surface area contributed by atoms with Crippen LogP contribution in [0.15, 0.2) is 17.5 Å². The zero-order chi connectivity index (χ0) is 29.2. The number of aliphatic carboxylic acids is 1. The number of nitrogens with zero attached hydrogens (tertiary/aromatic N) is 2. The summed E-state index contributed by atoms with van der Waals surface area (Å²) >= 11 is 1.49. The van der Waals surface area contributed by atoms with E-state index in [9.17, 15) is 24.3 Å². The molecule has 16 heteroatoms. The summed E-state index contributed by atoms with van der Waals surface area (Å²) in [5.41, 5.74) is 22.7. The second kappa shape index (κ2) is 18.8. The molecule has 0 aliphatic carbocycles. The first-order valence-corrected chi connectivity index (χ1v) is 14.1. The van der Waals surface area contributed by atoms with Gasteiger partial charge in [0.05, 0.1) is 12.4 Å². The molecule has 0 saturated heterocycles. The number of hydrogen-bond acceptors (Lipinski definition) is 9. The van der Waals surface area contributed by atoms with Crippen LogP contribution < -0.4 is 38.9 Å². The minimum atomic E-state index is -1.24. The fourth-order valence-electron chi connectivity index (χ4n) is 3.56. The summed E-state index contributed by atoms with van der Waals surface area (Å²) in [6.07, 6.45) is 7.16. The third kappa shape index (κ3) is 13.8. The maximum atomic E-state index is 13.2. The first kappa shape index (κ1) is 33.7. The van der Waals surface area contributed by atoms with Gasteiger partial charge in [0, 0.05) is 24.9 Å². The number of amides is 3. The lowest BCUT2D eigenvalue weighted by molar-refractivity contribution is -0.142. The molecular weight excluding hydrogens is 528 g/mol. The zero-order valence-electron chi connectivity index (χ0n) is 22.2. The molecule has 13 N–H and O–H groups in total. The second-order valence-electron chi connectivity index (χ2n) is 8.92. The number of carboxylic acids is 1. The number of unbranched alkanes of at least 4 members (excludes halogenated alkanes) is 1. The number of carboxylic acid groups (broad SMARTS) is 1. The minimum Gasteiger partial charge on any atom is -0.480 e. The van der Waals surface area contributed by atoms with Gasteiger partial charge in [-0.15, -0.1) is 0 Å². The third-order valence-corrected chi connectivity index (χ3v) is 6.37. The van der Waals surface area contributed by atoms with Crippen LogP contribution in [-0.4, -0.2) is 94.0 Å². The van der Waals surface area contributed by atoms with Crippen molar-refractivity contribution in [3.63, 3.8) is 0 Å². The predicted octanol–water partition coefficient (Wildman–Crippen LogP) is -2.25. The molecule has 1 aromatic heterocycles. The molecule has 0 spiro atoms. The van der Waals surface area contributed by atoms with Gasteiger partial charge in [0.15, 0.2) is 5.96 Å². The molecule has 0 radical (unpaired) electrons. The maximum absolute atomic E-state index is 13.2. The smallest absolute Gasteiger partial charge is 0.326 e. The molecule has 1 rings (SSSR count). The van der Waals surface area contributed by atoms with E-state index in [1.807, 2.05) is 6.26 Å². The number of carbonyl (C=O) groups excluding carboxylic acids is 3. The molecule has 0 saturated carbocycles. The third-order valence-electron chi connectivity index (χ3n) is 5.72. The van der Waals surface area contributed by atoms with Crippen molar-refractivity contribution in [1.29, 1.82) is 0 Å². The van der Waals surface area contributed by atoms with Crippen LogP contribution in [-0.2, 0) is 25.6 Å². The minimum absolute atomic E-state index is 0.0159. The molecule has 15 nitrogen and oxygen atoms in total. The Morgan fingerprint density at radius 2 is 1.64 bits per heavy atom. The van der Waals surface area contributed by atoms with Crippen molar-refractivity contribution >= 4 is 41.4 Å². The van der Waals surface area contributed by atoms with Gasteiger partial charge >= 0.3 is 5.97 Å². The quantitative estimate of drug-likeness (QED) is 0.0459. The second-order valence-corrected chi connectivity index (χ2v) is 9.91. The number of rotatable bonds is 20. The summed E-state index contributed by atoms with van der Waals surface area (Å²) in [4.78, 5) is 61.3. The zero-order valence-corrected chi connectivity index (χ0v) is 23.0. The van der Waals surface area contributed by atoms with Gasteiger partial charge in [-0.05, 0) is 57.1 Å². The normalized spacial score (nSPS) is 13.9. The Balaban J connectivity index is 2.90. The maximum Gasteiger partial charge on any atom is 0.326 e. The van der Waals surface area contributed by atoms with Crippen LogP contribution in [0.2, 0.25) is 0 Å². The van der Waals surface area contributed by atoms with E-state index < -0.39 is 47.9 Å². The van der Waals surface area contributed by atoms with E-state index in [0.717, 1.165) is 0 Å². The van der Waals surface area contributed by atoms with Gasteiger partial charge in [-0.25, -0.2) is 9.78 Å². The highest BCUT2D eigenvalue weighted by molar-refractivity contribution is 7.98. The number of thioether (sulfide) groups is 1. The van der Waals surface area contributed by atoms with Gasteiger partial charge in [-0.1, -0.05) is 0 Å². The van der Waals surface area contributed by atoms with Crippen molar-refractivity contribution in [3.8, 4) is 0 Å². The van der Waals surface area contributed by atoms with Crippen LogP contribution in [0.1, 0.15) is 44.2 Å². The van der Waals surface area contributed by atoms with Crippen LogP contribution in [0.25, 0.3) is 0 Å². The monoisotopic (exact) mass is 570 g/mol. The van der Waals surface area contributed by atoms with Crippen LogP contribution in [0.5, 0.6) is 0 Å². The fourth-order valence-corrected chi connectivity index (χ4v) is 4.03. The lowest BCUT2D eigenvalue weighted by atomic mass is 10.1. The van der Waals surface area contributed by atoms with Crippen LogP contribution in [0, 0.1) is 0 Å². The van der Waals surface area contributed by atoms with Crippen molar-refractivity contribution < 1.29 is 24.3 Å². The Bertz CT molecular complexity index is 926. The molecule has 3 amide bonds. The van der Waals surface area contributed by atoms with E-state index in [0.29, 0.717) is 56.6 Å². The van der Waals surface area contributed by atoms with Crippen molar-refractivity contribution in [1.82, 2.24) is 25.9 Å². The topological polar surface area (TPSA) is 270 Å². The lowest BCUT2D eigenvalue weighted by Crippen LogP contribution is -2.57. The highest BCUT2D eigenvalue weighted by atomic mass is 32.2. The average Bonchev–Trinajstić information content (AvgIpc) is 3.40. The summed E-state index contributed by atoms with van der Waals surface area (Å²) in [5.74, 6) is -2.47. The lowest BCUT2D eigenvalue weighted by Gasteiger charge is -2.25. The molecule has 1 aromatic rings. The SMILES string of the molecule is CSCCC(NC(=O)C(N)CCCN=C(N)N)C(=O)NC(CCCCN)C(=O)NC(Cc1cnc[nH]1)C(=O)O. The van der Waals surface area contributed by atoms with Gasteiger partial charge in [-0.2, -0.15) is 11.8 Å². The molecular formula is C23H42N10O5S. The Morgan fingerprint density at radius 3 is 2.21 bits per heavy atom. The summed E-state index contributed by atoms with van der Waals surface area (Å²) in [6.45, 7) is 0.713. The Kier molecular flexibility index (Phi) is 16.2. The van der Waals surface area contributed by atoms with E-state index in [1.165, 1.54) is 24.3 Å². The Morgan fingerprint density at radius 1 is 1.00 bits per heavy atom. The summed E-state index contributed by atoms with van der Waals surface area (Å²) in [6, 6.07) is -4.10. The van der Waals surface area contributed by atoms with E-state index in [1.54, 1.807) is 0 Å². The number of imidazole rings is 1. The first-order valence-electron chi connectivity index (χ1n) is 12.7. The largest absolute Gasteiger partial charge is 0.480 e. The average molecular weight is 571 g/mol. The van der Waals surface area contributed by atoms with Crippen molar-refractivity contribution in [3.05, 3.63) is 18.2 Å². The summed E-state index contributed by atoms with van der Waals surface area (Å²) < 4.78 is 0. The molecule has 1 heterocycles. The number of guanidine groups is 1. The van der Waals surface area contributed by atoms with E-state index in [2.05, 4.69) is 30.9 Å². The highest BCUT2D eigenvalue weighted by Gasteiger charge is 2.30. The van der Waals surface area contributed by atoms with Gasteiger partial charge in [0.25, 0.3) is 0 Å². The molecule has 0 aliphatic heterocycles. The highest BCUT2D eigenvalue weighted by Crippen LogP contribution is 2.08. The van der Waals surface area contributed by atoms with E-state index in [-0.39, 0.29) is 18.8 Å². The van der Waals surface area contributed by atoms with Gasteiger partial charge < -0.3 is 49.0 Å². The standard InChI is InChI=1S/C23H42N10O5S/c1-39-10-7-17(31-19(34)15(25)5-4-9-29-23(26)27)21(36)32-16(6-2-3-8-24)20(35)33-18(22(37)38)11-14-12-28-13-30-14/h12-13,15-18H,2-11,24-25H2,1H3,(H,28,30)(H,31,34)(H,32,36)(H,33,35)(H,37,38)(H4,26,27,29). The van der Waals surface area contributed by atoms with Gasteiger partial charge in [0.2, 0.25) is 17.7 Å². The molecule has 220 valence electrons. The number of nitrogens with one attached hydrogen (secondary N) is 4. The van der Waals surface area contributed by atoms with E-state index >= 15 is 0 Å². The molecule has 4 unspecified atom stereocenters. The molecule has 0 fully saturated rings. The summed E-state index contributed by atoms with van der Waals surface area (Å²) in [5, 5.41) is 17.4. The molecule has 4 atom stereocenters. The molecule has 0 aliphatic rings. The Labute approximate surface area is 232 Å². The first-order chi connectivity index (χ1) is 18.6. The van der Waals surface area contributed by atoms with E-state index in [4.69, 9.17) is 22.9 Å². The number of aliphatic imine (C=N–C) groups is 1. The number of carbonyl (C=O) groups is 4. The van der Waals surface area contributed by atoms with Crippen LogP contribution >= 0.6 is 11.8 Å². The molecule has 39 heavy (non-hydrogen) atoms. The van der Waals surface area contributed by atoms with Gasteiger partial charge in [0.1, 0.15) is 18.1 Å². The number of hydrogen-bond donors (Lipinski definition) is 9. The fraction of sp³-hybridized carbons (Fsp3) is 0.652. The number of aromatic amines is 1. The molecule has 0 aromatic carbocycles. The predicted molar refractivity (Wildman–Crippen MR) is 150 cm³/mol. The van der Waals surface area contributed by atoms with Crippen LogP contribution in [0.3, 0.4) is 0 Å². The van der Waals surface area contributed by atoms with Crippen molar-refractivity contribution in [2.75, 3.05) is 25.1 Å². The Hall–Kier alpha value is -3.37. The number of nitrogens with two attached hydrogens (primary N) is 4. The van der Waals surface area contributed by atoms with Crippen molar-refractivity contribution in [2.45, 2.75) is 69.1 Å². The number of aromatic nitrogens is 2. The summed E-state index contributed by atoms with van der Waals surface area (Å²) in [7, 11) is 0. The van der Waals surface area contributed by atoms with Crippen molar-refractivity contribution in [2.24, 2.45) is 27.9 Å².